The third-order valence-electron chi connectivity index (χ3n) is 3.88. The van der Waals surface area contributed by atoms with Crippen molar-refractivity contribution in [1.29, 1.82) is 0 Å². The van der Waals surface area contributed by atoms with Gasteiger partial charge in [0.25, 0.3) is 5.69 Å². The van der Waals surface area contributed by atoms with E-state index >= 15 is 0 Å². The summed E-state index contributed by atoms with van der Waals surface area (Å²) >= 11 is 7.20. The van der Waals surface area contributed by atoms with Crippen LogP contribution in [0.2, 0.25) is 5.02 Å². The zero-order valence-corrected chi connectivity index (χ0v) is 16.9. The molecule has 2 aromatic carbocycles. The number of hydrogen-bond donors (Lipinski definition) is 1. The number of aryl methyl sites for hydroxylation is 1. The second kappa shape index (κ2) is 9.40. The largest absolute Gasteiger partial charge is 0.455 e. The number of amides is 1. The molecular weight excluding hydrogens is 414 g/mol. The Morgan fingerprint density at radius 3 is 2.69 bits per heavy atom. The number of non-ortho nitro benzene ring substituents is 1. The predicted molar refractivity (Wildman–Crippen MR) is 113 cm³/mol. The van der Waals surface area contributed by atoms with E-state index in [2.05, 4.69) is 10.5 Å². The number of nitrogens with one attached hydrogen (secondary N) is 1. The maximum absolute atomic E-state index is 11.9. The van der Waals surface area contributed by atoms with E-state index in [4.69, 9.17) is 16.0 Å². The monoisotopic (exact) mass is 429 g/mol. The molecule has 1 amide bonds. The van der Waals surface area contributed by atoms with Crippen LogP contribution in [-0.2, 0) is 4.79 Å². The third-order valence-corrected chi connectivity index (χ3v) is 5.14. The Morgan fingerprint density at radius 2 is 2.00 bits per heavy atom. The highest BCUT2D eigenvalue weighted by Gasteiger charge is 2.12. The summed E-state index contributed by atoms with van der Waals surface area (Å²) < 4.78 is 5.69. The molecule has 0 bridgehead atoms. The molecule has 1 heterocycles. The number of benzene rings is 2. The lowest BCUT2D eigenvalue weighted by Gasteiger charge is -2.02. The maximum atomic E-state index is 11.9. The summed E-state index contributed by atoms with van der Waals surface area (Å²) in [5.74, 6) is 0.968. The number of carbonyl (C=O) groups is 1. The quantitative estimate of drug-likeness (QED) is 0.245. The first kappa shape index (κ1) is 20.6. The summed E-state index contributed by atoms with van der Waals surface area (Å²) in [6, 6.07) is 15.2. The highest BCUT2D eigenvalue weighted by Crippen LogP contribution is 2.28. The second-order valence-corrected chi connectivity index (χ2v) is 7.48. The van der Waals surface area contributed by atoms with Gasteiger partial charge in [-0.15, -0.1) is 11.8 Å². The Balaban J connectivity index is 1.55. The summed E-state index contributed by atoms with van der Waals surface area (Å²) in [4.78, 5) is 23.2. The van der Waals surface area contributed by atoms with Crippen LogP contribution in [-0.4, -0.2) is 22.8 Å². The molecule has 0 unspecified atom stereocenters. The molecule has 29 heavy (non-hydrogen) atoms. The lowest BCUT2D eigenvalue weighted by atomic mass is 10.1. The Bertz CT molecular complexity index is 1060. The van der Waals surface area contributed by atoms with Gasteiger partial charge in [-0.05, 0) is 55.0 Å². The normalized spacial score (nSPS) is 11.0. The average Bonchev–Trinajstić information content (AvgIpc) is 3.16. The molecule has 0 saturated heterocycles. The molecule has 0 saturated carbocycles. The lowest BCUT2D eigenvalue weighted by molar-refractivity contribution is -0.384. The van der Waals surface area contributed by atoms with Crippen molar-refractivity contribution >= 4 is 41.2 Å². The van der Waals surface area contributed by atoms with E-state index in [1.807, 2.05) is 12.1 Å². The number of hydrogen-bond acceptors (Lipinski definition) is 6. The van der Waals surface area contributed by atoms with E-state index in [-0.39, 0.29) is 17.3 Å². The van der Waals surface area contributed by atoms with Crippen LogP contribution in [0.3, 0.4) is 0 Å². The van der Waals surface area contributed by atoms with Gasteiger partial charge in [0, 0.05) is 27.6 Å². The number of nitro groups is 1. The van der Waals surface area contributed by atoms with Crippen LogP contribution < -0.4 is 5.43 Å². The predicted octanol–water partition coefficient (Wildman–Crippen LogP) is 5.06. The molecule has 3 aromatic rings. The van der Waals surface area contributed by atoms with Crippen molar-refractivity contribution in [3.63, 3.8) is 0 Å². The number of nitrogens with zero attached hydrogens (tertiary/aromatic N) is 2. The van der Waals surface area contributed by atoms with Gasteiger partial charge in [-0.25, -0.2) is 5.43 Å². The zero-order valence-electron chi connectivity index (χ0n) is 15.3. The second-order valence-electron chi connectivity index (χ2n) is 5.99. The van der Waals surface area contributed by atoms with Gasteiger partial charge in [-0.3, -0.25) is 14.9 Å². The van der Waals surface area contributed by atoms with E-state index in [0.29, 0.717) is 16.5 Å². The smallest absolute Gasteiger partial charge is 0.269 e. The minimum absolute atomic E-state index is 0.0266. The summed E-state index contributed by atoms with van der Waals surface area (Å²) in [5.41, 5.74) is 3.94. The molecule has 1 aromatic heterocycles. The van der Waals surface area contributed by atoms with Crippen LogP contribution >= 0.6 is 23.4 Å². The number of rotatable bonds is 7. The number of hydrazone groups is 1. The van der Waals surface area contributed by atoms with E-state index in [1.165, 1.54) is 30.1 Å². The first-order valence-corrected chi connectivity index (χ1v) is 9.84. The molecule has 9 heteroatoms. The molecule has 0 fully saturated rings. The highest BCUT2D eigenvalue weighted by atomic mass is 35.5. The van der Waals surface area contributed by atoms with Gasteiger partial charge in [-0.1, -0.05) is 11.6 Å². The van der Waals surface area contributed by atoms with Gasteiger partial charge in [0.2, 0.25) is 5.91 Å². The van der Waals surface area contributed by atoms with Gasteiger partial charge >= 0.3 is 0 Å². The van der Waals surface area contributed by atoms with E-state index < -0.39 is 4.92 Å². The summed E-state index contributed by atoms with van der Waals surface area (Å²) in [6.07, 6.45) is 1.40. The van der Waals surface area contributed by atoms with Crippen molar-refractivity contribution in [3.05, 3.63) is 81.1 Å². The van der Waals surface area contributed by atoms with Gasteiger partial charge in [-0.2, -0.15) is 5.10 Å². The first-order valence-electron chi connectivity index (χ1n) is 8.48. The Labute approximate surface area is 175 Å². The molecule has 0 radical (unpaired) electrons. The van der Waals surface area contributed by atoms with Crippen molar-refractivity contribution in [3.8, 4) is 11.3 Å². The van der Waals surface area contributed by atoms with Crippen LogP contribution in [0.1, 0.15) is 11.3 Å². The Morgan fingerprint density at radius 1 is 1.24 bits per heavy atom. The maximum Gasteiger partial charge on any atom is 0.269 e. The molecule has 148 valence electrons. The zero-order chi connectivity index (χ0) is 20.8. The molecule has 0 atom stereocenters. The third kappa shape index (κ3) is 5.69. The lowest BCUT2D eigenvalue weighted by Crippen LogP contribution is -2.19. The molecular formula is C20H16ClN3O4S. The fourth-order valence-corrected chi connectivity index (χ4v) is 3.30. The van der Waals surface area contributed by atoms with Gasteiger partial charge in [0.05, 0.1) is 16.9 Å². The van der Waals surface area contributed by atoms with E-state index in [9.17, 15) is 14.9 Å². The number of furan rings is 1. The topological polar surface area (TPSA) is 97.7 Å². The number of thioether (sulfide) groups is 1. The van der Waals surface area contributed by atoms with Crippen LogP contribution in [0, 0.1) is 17.0 Å². The molecule has 0 aliphatic heterocycles. The molecule has 0 spiro atoms. The molecule has 7 nitrogen and oxygen atoms in total. The number of carbonyl (C=O) groups excluding carboxylic acids is 1. The fraction of sp³-hybridized carbons (Fsp3) is 0.100. The van der Waals surface area contributed by atoms with Crippen molar-refractivity contribution < 1.29 is 14.1 Å². The van der Waals surface area contributed by atoms with Crippen LogP contribution in [0.25, 0.3) is 11.3 Å². The van der Waals surface area contributed by atoms with Crippen LogP contribution in [0.15, 0.2) is 69.0 Å². The average molecular weight is 430 g/mol. The van der Waals surface area contributed by atoms with Crippen molar-refractivity contribution in [2.24, 2.45) is 5.10 Å². The standard InChI is InChI=1S/C20H16ClN3O4S/c1-13-10-15(24(26)27)4-8-18(13)19-9-5-16(28-19)11-22-23-20(25)12-29-17-6-2-14(21)3-7-17/h2-11H,12H2,1H3,(H,23,25)/b22-11+. The summed E-state index contributed by atoms with van der Waals surface area (Å²) in [7, 11) is 0. The minimum Gasteiger partial charge on any atom is -0.455 e. The molecule has 3 rings (SSSR count). The summed E-state index contributed by atoms with van der Waals surface area (Å²) in [6.45, 7) is 1.77. The van der Waals surface area contributed by atoms with Crippen molar-refractivity contribution in [1.82, 2.24) is 5.43 Å². The minimum atomic E-state index is -0.440. The first-order chi connectivity index (χ1) is 13.9. The van der Waals surface area contributed by atoms with Crippen molar-refractivity contribution in [2.45, 2.75) is 11.8 Å². The summed E-state index contributed by atoms with van der Waals surface area (Å²) in [5, 5.41) is 15.4. The Kier molecular flexibility index (Phi) is 6.69. The van der Waals surface area contributed by atoms with Gasteiger partial charge in [0.1, 0.15) is 11.5 Å². The van der Waals surface area contributed by atoms with E-state index in [0.717, 1.165) is 16.0 Å². The van der Waals surface area contributed by atoms with Gasteiger partial charge in [0.15, 0.2) is 0 Å². The fourth-order valence-electron chi connectivity index (χ4n) is 2.48. The van der Waals surface area contributed by atoms with Gasteiger partial charge < -0.3 is 4.42 Å². The Hall–Kier alpha value is -3.10. The van der Waals surface area contributed by atoms with E-state index in [1.54, 1.807) is 37.3 Å². The molecule has 1 N–H and O–H groups in total. The highest BCUT2D eigenvalue weighted by molar-refractivity contribution is 8.00. The molecule has 0 aliphatic carbocycles. The van der Waals surface area contributed by atoms with Crippen LogP contribution in [0.4, 0.5) is 5.69 Å². The SMILES string of the molecule is Cc1cc([N+](=O)[O-])ccc1-c1ccc(/C=N/NC(=O)CSc2ccc(Cl)cc2)o1. The van der Waals surface area contributed by atoms with Crippen molar-refractivity contribution in [2.75, 3.05) is 5.75 Å². The number of halogens is 1. The van der Waals surface area contributed by atoms with Crippen LogP contribution in [0.5, 0.6) is 0 Å². The number of nitro benzene ring substituents is 1. The molecule has 0 aliphatic rings.